The molecule has 0 spiro atoms. The van der Waals surface area contributed by atoms with Crippen LogP contribution in [-0.4, -0.2) is 73.4 Å². The zero-order valence-corrected chi connectivity index (χ0v) is 42.2. The van der Waals surface area contributed by atoms with Crippen molar-refractivity contribution in [2.24, 2.45) is 5.92 Å². The van der Waals surface area contributed by atoms with Crippen molar-refractivity contribution in [2.45, 2.75) is 266 Å². The highest BCUT2D eigenvalue weighted by Crippen LogP contribution is 2.43. The predicted molar refractivity (Wildman–Crippen MR) is 257 cm³/mol. The Balaban J connectivity index is 4.69. The molecule has 0 aliphatic heterocycles. The number of hydrogen-bond donors (Lipinski definition) is 1. The van der Waals surface area contributed by atoms with Crippen molar-refractivity contribution in [3.05, 3.63) is 0 Å². The molecular formula is C51H103NO8P+. The fourth-order valence-corrected chi connectivity index (χ4v) is 9.55. The second kappa shape index (κ2) is 42.9. The second-order valence-corrected chi connectivity index (χ2v) is 20.1. The van der Waals surface area contributed by atoms with Crippen LogP contribution < -0.4 is 0 Å². The van der Waals surface area contributed by atoms with E-state index in [4.69, 9.17) is 18.5 Å². The number of unbranched alkanes of at least 4 members (excludes halogenated alkanes) is 24. The van der Waals surface area contributed by atoms with E-state index in [1.165, 1.54) is 148 Å². The third-order valence-electron chi connectivity index (χ3n) is 12.4. The Kier molecular flexibility index (Phi) is 42.2. The number of ether oxygens (including phenoxy) is 2. The van der Waals surface area contributed by atoms with E-state index in [9.17, 15) is 19.0 Å². The van der Waals surface area contributed by atoms with Crippen LogP contribution in [0.1, 0.15) is 260 Å². The average molecular weight is 889 g/mol. The smallest absolute Gasteiger partial charge is 0.462 e. The molecule has 0 bridgehead atoms. The lowest BCUT2D eigenvalue weighted by Crippen LogP contribution is -2.51. The minimum absolute atomic E-state index is 0.0881. The number of phosphoric acid groups is 1. The Morgan fingerprint density at radius 2 is 0.852 bits per heavy atom. The number of rotatable bonds is 48. The molecule has 0 aromatic carbocycles. The van der Waals surface area contributed by atoms with Crippen molar-refractivity contribution in [2.75, 3.05) is 46.0 Å². The monoisotopic (exact) mass is 889 g/mol. The van der Waals surface area contributed by atoms with E-state index in [0.29, 0.717) is 13.0 Å². The molecule has 0 aliphatic rings. The first kappa shape index (κ1) is 60.0. The van der Waals surface area contributed by atoms with Gasteiger partial charge in [0.1, 0.15) is 19.8 Å². The van der Waals surface area contributed by atoms with Gasteiger partial charge in [0.15, 0.2) is 6.10 Å². The molecule has 0 amide bonds. The minimum Gasteiger partial charge on any atom is -0.462 e. The van der Waals surface area contributed by atoms with E-state index in [1.807, 2.05) is 0 Å². The van der Waals surface area contributed by atoms with E-state index in [0.717, 1.165) is 87.8 Å². The lowest BCUT2D eigenvalue weighted by molar-refractivity contribution is -0.928. The van der Waals surface area contributed by atoms with Crippen LogP contribution in [-0.2, 0) is 32.7 Å². The number of quaternary nitrogens is 1. The molecule has 61 heavy (non-hydrogen) atoms. The molecule has 0 fully saturated rings. The SMILES string of the molecule is CCCCCCCCCCCCCCCCCC(=O)OC(COC(=O)CCCCCCCC[C@H](C)CCCCCCCC)COP(=O)(O)OCC[N+](CCC)(CCC)CCC. The van der Waals surface area contributed by atoms with E-state index < -0.39 is 19.9 Å². The molecule has 0 aromatic rings. The maximum Gasteiger partial charge on any atom is 0.472 e. The normalized spacial score (nSPS) is 13.9. The molecule has 0 aromatic heterocycles. The highest BCUT2D eigenvalue weighted by Gasteiger charge is 2.30. The molecule has 3 atom stereocenters. The molecule has 0 radical (unpaired) electrons. The van der Waals surface area contributed by atoms with Gasteiger partial charge in [-0.15, -0.1) is 0 Å². The summed E-state index contributed by atoms with van der Waals surface area (Å²) in [5, 5.41) is 0. The van der Waals surface area contributed by atoms with Gasteiger partial charge < -0.3 is 18.9 Å². The first-order valence-electron chi connectivity index (χ1n) is 26.4. The zero-order chi connectivity index (χ0) is 45.1. The standard InChI is InChI=1S/C51H102NO8P/c1-7-12-14-16-18-19-20-21-22-23-24-25-26-32-36-40-51(54)60-49(47-59-61(55,56)58-45-44-52(41-9-3,42-10-4)43-11-5)46-57-50(53)39-35-31-28-27-30-34-38-48(6)37-33-29-17-15-13-8-2/h48-49H,7-47H2,1-6H3/p+1/t48-,49?/m1/s1. The molecule has 1 N–H and O–H groups in total. The molecule has 0 saturated carbocycles. The molecule has 9 nitrogen and oxygen atoms in total. The fraction of sp³-hybridized carbons (Fsp3) is 0.961. The number of esters is 2. The number of carbonyl (C=O) groups excluding carboxylic acids is 2. The fourth-order valence-electron chi connectivity index (χ4n) is 8.80. The Hall–Kier alpha value is -0.990. The Bertz CT molecular complexity index is 1010. The van der Waals surface area contributed by atoms with Crippen LogP contribution in [0.25, 0.3) is 0 Å². The first-order chi connectivity index (χ1) is 29.6. The van der Waals surface area contributed by atoms with Gasteiger partial charge in [-0.25, -0.2) is 4.57 Å². The minimum atomic E-state index is -4.43. The molecule has 0 saturated heterocycles. The number of carbonyl (C=O) groups is 2. The van der Waals surface area contributed by atoms with Crippen molar-refractivity contribution < 1.29 is 42.1 Å². The topological polar surface area (TPSA) is 108 Å². The van der Waals surface area contributed by atoms with Crippen LogP contribution in [0.2, 0.25) is 0 Å². The van der Waals surface area contributed by atoms with E-state index in [1.54, 1.807) is 0 Å². The summed E-state index contributed by atoms with van der Waals surface area (Å²) in [7, 11) is -4.43. The molecule has 0 rings (SSSR count). The van der Waals surface area contributed by atoms with Gasteiger partial charge >= 0.3 is 19.8 Å². The number of hydrogen-bond acceptors (Lipinski definition) is 7. The van der Waals surface area contributed by atoms with Crippen molar-refractivity contribution in [1.29, 1.82) is 0 Å². The molecule has 0 aliphatic carbocycles. The lowest BCUT2D eigenvalue weighted by Gasteiger charge is -2.38. The molecule has 364 valence electrons. The lowest BCUT2D eigenvalue weighted by atomic mass is 9.96. The van der Waals surface area contributed by atoms with Gasteiger partial charge in [0.05, 0.1) is 26.2 Å². The third kappa shape index (κ3) is 39.1. The summed E-state index contributed by atoms with van der Waals surface area (Å²) >= 11 is 0. The van der Waals surface area contributed by atoms with Crippen molar-refractivity contribution in [3.8, 4) is 0 Å². The van der Waals surface area contributed by atoms with Gasteiger partial charge in [0.25, 0.3) is 0 Å². The highest BCUT2D eigenvalue weighted by molar-refractivity contribution is 7.47. The number of phosphoric ester groups is 1. The summed E-state index contributed by atoms with van der Waals surface area (Å²) in [5.74, 6) is 0.0457. The van der Waals surface area contributed by atoms with Gasteiger partial charge in [-0.2, -0.15) is 0 Å². The maximum atomic E-state index is 13.0. The van der Waals surface area contributed by atoms with Gasteiger partial charge in [-0.3, -0.25) is 18.6 Å². The molecular weight excluding hydrogens is 786 g/mol. The van der Waals surface area contributed by atoms with Crippen LogP contribution in [0.4, 0.5) is 0 Å². The average Bonchev–Trinajstić information content (AvgIpc) is 3.22. The van der Waals surface area contributed by atoms with Crippen molar-refractivity contribution in [3.63, 3.8) is 0 Å². The summed E-state index contributed by atoms with van der Waals surface area (Å²) in [6.45, 7) is 16.5. The molecule has 0 heterocycles. The summed E-state index contributed by atoms with van der Waals surface area (Å²) in [6, 6.07) is 0. The largest absolute Gasteiger partial charge is 0.472 e. The predicted octanol–water partition coefficient (Wildman–Crippen LogP) is 15.4. The van der Waals surface area contributed by atoms with Crippen molar-refractivity contribution in [1.82, 2.24) is 0 Å². The van der Waals surface area contributed by atoms with Crippen LogP contribution in [0.3, 0.4) is 0 Å². The van der Waals surface area contributed by atoms with Crippen LogP contribution in [0.5, 0.6) is 0 Å². The van der Waals surface area contributed by atoms with E-state index in [2.05, 4.69) is 41.5 Å². The number of nitrogens with zero attached hydrogens (tertiary/aromatic N) is 1. The highest BCUT2D eigenvalue weighted by atomic mass is 31.2. The zero-order valence-electron chi connectivity index (χ0n) is 41.3. The summed E-state index contributed by atoms with van der Waals surface area (Å²) in [6.07, 6.45) is 38.7. The van der Waals surface area contributed by atoms with Crippen LogP contribution in [0, 0.1) is 5.92 Å². The summed E-state index contributed by atoms with van der Waals surface area (Å²) in [5.41, 5.74) is 0. The first-order valence-corrected chi connectivity index (χ1v) is 27.9. The van der Waals surface area contributed by atoms with Crippen molar-refractivity contribution >= 4 is 19.8 Å². The Morgan fingerprint density at radius 3 is 1.26 bits per heavy atom. The quantitative estimate of drug-likeness (QED) is 0.0278. The second-order valence-electron chi connectivity index (χ2n) is 18.6. The van der Waals surface area contributed by atoms with Crippen LogP contribution in [0.15, 0.2) is 0 Å². The van der Waals surface area contributed by atoms with Crippen LogP contribution >= 0.6 is 7.82 Å². The van der Waals surface area contributed by atoms with E-state index in [-0.39, 0.29) is 32.2 Å². The summed E-state index contributed by atoms with van der Waals surface area (Å²) in [4.78, 5) is 36.2. The Morgan fingerprint density at radius 1 is 0.475 bits per heavy atom. The maximum absolute atomic E-state index is 13.0. The van der Waals surface area contributed by atoms with Gasteiger partial charge in [-0.05, 0) is 38.0 Å². The summed E-state index contributed by atoms with van der Waals surface area (Å²) < 4.78 is 35.8. The Labute approximate surface area is 378 Å². The van der Waals surface area contributed by atoms with Gasteiger partial charge in [0.2, 0.25) is 0 Å². The van der Waals surface area contributed by atoms with E-state index >= 15 is 0 Å². The molecule has 2 unspecified atom stereocenters. The third-order valence-corrected chi connectivity index (χ3v) is 13.4. The molecule has 10 heteroatoms. The van der Waals surface area contributed by atoms with Gasteiger partial charge in [-0.1, -0.05) is 215 Å². The van der Waals surface area contributed by atoms with Gasteiger partial charge in [0, 0.05) is 12.8 Å².